The van der Waals surface area contributed by atoms with E-state index >= 15 is 0 Å². The topological polar surface area (TPSA) is 94.1 Å². The molecule has 30 heavy (non-hydrogen) atoms. The van der Waals surface area contributed by atoms with Crippen molar-refractivity contribution in [1.29, 1.82) is 0 Å². The largest absolute Gasteiger partial charge is 0.465 e. The summed E-state index contributed by atoms with van der Waals surface area (Å²) >= 11 is 0. The highest BCUT2D eigenvalue weighted by Crippen LogP contribution is 2.39. The molecule has 1 heterocycles. The lowest BCUT2D eigenvalue weighted by Crippen LogP contribution is -2.43. The van der Waals surface area contributed by atoms with E-state index in [2.05, 4.69) is 5.32 Å². The summed E-state index contributed by atoms with van der Waals surface area (Å²) < 4.78 is 16.6. The van der Waals surface area contributed by atoms with E-state index in [4.69, 9.17) is 14.2 Å². The van der Waals surface area contributed by atoms with Crippen molar-refractivity contribution in [3.05, 3.63) is 47.2 Å². The monoisotopic (exact) mass is 417 g/mol. The molecule has 1 fully saturated rings. The van der Waals surface area contributed by atoms with E-state index in [9.17, 15) is 14.7 Å². The summed E-state index contributed by atoms with van der Waals surface area (Å²) in [6, 6.07) is 7.39. The fraction of sp³-hybridized carbons (Fsp3) is 0.565. The summed E-state index contributed by atoms with van der Waals surface area (Å²) in [7, 11) is 1.35. The Morgan fingerprint density at radius 3 is 2.53 bits per heavy atom. The molecule has 2 aliphatic rings. The molecule has 0 saturated heterocycles. The van der Waals surface area contributed by atoms with Gasteiger partial charge >= 0.3 is 5.97 Å². The summed E-state index contributed by atoms with van der Waals surface area (Å²) in [5.74, 6) is -0.561. The fourth-order valence-electron chi connectivity index (χ4n) is 3.91. The number of carbonyl (C=O) groups excluding carboxylic acids is 2. The Bertz CT molecular complexity index is 755. The van der Waals surface area contributed by atoms with Crippen molar-refractivity contribution in [2.45, 2.75) is 57.3 Å². The van der Waals surface area contributed by atoms with Gasteiger partial charge in [0.25, 0.3) is 5.91 Å². The fourth-order valence-corrected chi connectivity index (χ4v) is 3.91. The maximum absolute atomic E-state index is 12.8. The molecule has 164 valence electrons. The van der Waals surface area contributed by atoms with Gasteiger partial charge in [0.2, 0.25) is 6.29 Å². The van der Waals surface area contributed by atoms with Crippen molar-refractivity contribution in [2.75, 3.05) is 20.3 Å². The number of methoxy groups -OCH3 is 1. The molecule has 1 amide bonds. The van der Waals surface area contributed by atoms with E-state index in [1.54, 1.807) is 12.1 Å². The minimum absolute atomic E-state index is 0.0682. The quantitative estimate of drug-likeness (QED) is 0.600. The first-order chi connectivity index (χ1) is 14.6. The SMILES string of the molecule is CCO[C@H]1OC(C(=O)NC2CCC2)=C[C@@H](c2ccc(C(=O)OC)cc2)[C@H]1CCCO. The number of rotatable bonds is 9. The highest BCUT2D eigenvalue weighted by Gasteiger charge is 2.38. The predicted octanol–water partition coefficient (Wildman–Crippen LogP) is 2.89. The molecule has 0 spiro atoms. The standard InChI is InChI=1S/C23H31NO6/c1-3-29-23-18(8-5-13-25)19(15-9-11-16(12-10-15)22(27)28-2)14-20(30-23)21(26)24-17-6-4-7-17/h9-12,14,17-19,23,25H,3-8,13H2,1-2H3,(H,24,26)/t18-,19+,23+/m1/s1. The lowest BCUT2D eigenvalue weighted by atomic mass is 9.80. The number of nitrogens with one attached hydrogen (secondary N) is 1. The minimum atomic E-state index is -0.584. The molecule has 0 bridgehead atoms. The highest BCUT2D eigenvalue weighted by molar-refractivity contribution is 5.92. The molecule has 3 atom stereocenters. The number of hydrogen-bond acceptors (Lipinski definition) is 6. The average Bonchev–Trinajstić information content (AvgIpc) is 2.74. The van der Waals surface area contributed by atoms with E-state index in [-0.39, 0.29) is 36.2 Å². The van der Waals surface area contributed by atoms with Gasteiger partial charge in [0, 0.05) is 31.1 Å². The van der Waals surface area contributed by atoms with Crippen LogP contribution in [0.1, 0.15) is 60.9 Å². The molecule has 0 radical (unpaired) electrons. The molecule has 1 aromatic carbocycles. The smallest absolute Gasteiger partial charge is 0.337 e. The molecule has 0 unspecified atom stereocenters. The van der Waals surface area contributed by atoms with Gasteiger partial charge in [-0.15, -0.1) is 0 Å². The Kier molecular flexibility index (Phi) is 7.87. The maximum Gasteiger partial charge on any atom is 0.337 e. The molecule has 1 aliphatic carbocycles. The van der Waals surface area contributed by atoms with E-state index in [1.807, 2.05) is 25.1 Å². The Hall–Kier alpha value is -2.38. The van der Waals surface area contributed by atoms with Crippen LogP contribution >= 0.6 is 0 Å². The number of hydrogen-bond donors (Lipinski definition) is 2. The zero-order valence-corrected chi connectivity index (χ0v) is 17.6. The third kappa shape index (κ3) is 5.21. The van der Waals surface area contributed by atoms with E-state index < -0.39 is 12.3 Å². The number of aliphatic hydroxyl groups is 1. The van der Waals surface area contributed by atoms with Crippen LogP contribution in [-0.2, 0) is 19.0 Å². The Morgan fingerprint density at radius 2 is 1.97 bits per heavy atom. The number of ether oxygens (including phenoxy) is 3. The van der Waals surface area contributed by atoms with Gasteiger partial charge in [-0.3, -0.25) is 4.79 Å². The molecule has 1 saturated carbocycles. The van der Waals surface area contributed by atoms with Gasteiger partial charge in [-0.2, -0.15) is 0 Å². The average molecular weight is 418 g/mol. The van der Waals surface area contributed by atoms with Crippen LogP contribution in [0.15, 0.2) is 36.1 Å². The highest BCUT2D eigenvalue weighted by atomic mass is 16.7. The van der Waals surface area contributed by atoms with Gasteiger partial charge in [0.05, 0.1) is 12.7 Å². The zero-order chi connectivity index (χ0) is 21.5. The lowest BCUT2D eigenvalue weighted by molar-refractivity contribution is -0.167. The summed E-state index contributed by atoms with van der Waals surface area (Å²) in [5.41, 5.74) is 1.42. The molecule has 3 rings (SSSR count). The van der Waals surface area contributed by atoms with Crippen LogP contribution in [0, 0.1) is 5.92 Å². The van der Waals surface area contributed by atoms with E-state index in [1.165, 1.54) is 7.11 Å². The molecule has 2 N–H and O–H groups in total. The Morgan fingerprint density at radius 1 is 1.23 bits per heavy atom. The summed E-state index contributed by atoms with van der Waals surface area (Å²) in [6.07, 6.45) is 5.66. The van der Waals surface area contributed by atoms with Gasteiger partial charge in [0.15, 0.2) is 5.76 Å². The second kappa shape index (κ2) is 10.6. The number of carbonyl (C=O) groups is 2. The Balaban J connectivity index is 1.90. The van der Waals surface area contributed by atoms with Crippen molar-refractivity contribution in [2.24, 2.45) is 5.92 Å². The van der Waals surface area contributed by atoms with Crippen LogP contribution in [-0.4, -0.2) is 49.6 Å². The first kappa shape index (κ1) is 22.3. The minimum Gasteiger partial charge on any atom is -0.465 e. The van der Waals surface area contributed by atoms with Crippen molar-refractivity contribution in [1.82, 2.24) is 5.32 Å². The summed E-state index contributed by atoms with van der Waals surface area (Å²) in [4.78, 5) is 24.5. The summed E-state index contributed by atoms with van der Waals surface area (Å²) in [5, 5.41) is 12.4. The van der Waals surface area contributed by atoms with Crippen LogP contribution in [0.25, 0.3) is 0 Å². The second-order valence-electron chi connectivity index (χ2n) is 7.74. The van der Waals surface area contributed by atoms with Crippen LogP contribution in [0.4, 0.5) is 0 Å². The third-order valence-electron chi connectivity index (χ3n) is 5.79. The molecule has 1 aromatic rings. The molecule has 0 aromatic heterocycles. The molecule has 1 aliphatic heterocycles. The molecule has 7 heteroatoms. The zero-order valence-electron chi connectivity index (χ0n) is 17.6. The van der Waals surface area contributed by atoms with E-state index in [0.717, 1.165) is 24.8 Å². The van der Waals surface area contributed by atoms with Gasteiger partial charge in [-0.1, -0.05) is 12.1 Å². The van der Waals surface area contributed by atoms with Crippen LogP contribution < -0.4 is 5.32 Å². The first-order valence-electron chi connectivity index (χ1n) is 10.7. The van der Waals surface area contributed by atoms with Crippen molar-refractivity contribution < 1.29 is 28.9 Å². The normalized spacial score (nSPS) is 23.7. The van der Waals surface area contributed by atoms with Crippen LogP contribution in [0.2, 0.25) is 0 Å². The van der Waals surface area contributed by atoms with Gasteiger partial charge in [-0.25, -0.2) is 4.79 Å². The lowest BCUT2D eigenvalue weighted by Gasteiger charge is -2.37. The number of aliphatic hydroxyl groups excluding tert-OH is 1. The van der Waals surface area contributed by atoms with E-state index in [0.29, 0.717) is 25.0 Å². The Labute approximate surface area is 177 Å². The number of amides is 1. The maximum atomic E-state index is 12.8. The first-order valence-corrected chi connectivity index (χ1v) is 10.7. The van der Waals surface area contributed by atoms with Gasteiger partial charge < -0.3 is 24.6 Å². The van der Waals surface area contributed by atoms with Crippen molar-refractivity contribution >= 4 is 11.9 Å². The number of allylic oxidation sites excluding steroid dienone is 1. The van der Waals surface area contributed by atoms with Crippen molar-refractivity contribution in [3.8, 4) is 0 Å². The number of esters is 1. The summed E-state index contributed by atoms with van der Waals surface area (Å²) in [6.45, 7) is 2.41. The second-order valence-corrected chi connectivity index (χ2v) is 7.74. The number of benzene rings is 1. The van der Waals surface area contributed by atoms with Gasteiger partial charge in [0.1, 0.15) is 0 Å². The molecule has 7 nitrogen and oxygen atoms in total. The van der Waals surface area contributed by atoms with Crippen molar-refractivity contribution in [3.63, 3.8) is 0 Å². The predicted molar refractivity (Wildman–Crippen MR) is 111 cm³/mol. The third-order valence-corrected chi connectivity index (χ3v) is 5.79. The van der Waals surface area contributed by atoms with Gasteiger partial charge in [-0.05, 0) is 62.8 Å². The molecular weight excluding hydrogens is 386 g/mol. The van der Waals surface area contributed by atoms with Crippen LogP contribution in [0.5, 0.6) is 0 Å². The molecular formula is C23H31NO6. The van der Waals surface area contributed by atoms with Crippen LogP contribution in [0.3, 0.4) is 0 Å².